The van der Waals surface area contributed by atoms with Crippen LogP contribution in [0.1, 0.15) is 45.4 Å². The van der Waals surface area contributed by atoms with Gasteiger partial charge in [-0.05, 0) is 32.1 Å². The molecule has 0 radical (unpaired) electrons. The highest BCUT2D eigenvalue weighted by atomic mass is 16.5. The molecule has 2 aliphatic rings. The highest BCUT2D eigenvalue weighted by Gasteiger charge is 2.44. The fourth-order valence-electron chi connectivity index (χ4n) is 3.26. The SMILES string of the molecule is CCCC1(O)CN(C2CCCC(OC)C2)C1. The summed E-state index contributed by atoms with van der Waals surface area (Å²) in [6.45, 7) is 3.89. The monoisotopic (exact) mass is 227 g/mol. The Balaban J connectivity index is 1.78. The average molecular weight is 227 g/mol. The Morgan fingerprint density at radius 2 is 2.12 bits per heavy atom. The maximum Gasteiger partial charge on any atom is 0.0900 e. The zero-order valence-corrected chi connectivity index (χ0v) is 10.6. The average Bonchev–Trinajstić information content (AvgIpc) is 2.26. The minimum atomic E-state index is -0.380. The summed E-state index contributed by atoms with van der Waals surface area (Å²) in [5.74, 6) is 0. The van der Waals surface area contributed by atoms with Crippen molar-refractivity contribution in [3.8, 4) is 0 Å². The fourth-order valence-corrected chi connectivity index (χ4v) is 3.26. The molecule has 3 heteroatoms. The maximum atomic E-state index is 10.2. The summed E-state index contributed by atoms with van der Waals surface area (Å²) in [4.78, 5) is 2.45. The Bertz CT molecular complexity index is 226. The summed E-state index contributed by atoms with van der Waals surface area (Å²) in [6.07, 6.45) is 7.38. The number of nitrogens with zero attached hydrogens (tertiary/aromatic N) is 1. The first-order valence-electron chi connectivity index (χ1n) is 6.66. The molecule has 1 saturated carbocycles. The molecule has 0 aromatic rings. The molecule has 0 bridgehead atoms. The van der Waals surface area contributed by atoms with Crippen LogP contribution in [0, 0.1) is 0 Å². The van der Waals surface area contributed by atoms with Gasteiger partial charge in [0.1, 0.15) is 0 Å². The van der Waals surface area contributed by atoms with Crippen LogP contribution in [0.2, 0.25) is 0 Å². The molecule has 1 N–H and O–H groups in total. The van der Waals surface area contributed by atoms with Crippen molar-refractivity contribution in [1.29, 1.82) is 0 Å². The lowest BCUT2D eigenvalue weighted by atomic mass is 9.83. The Kier molecular flexibility index (Phi) is 3.88. The first kappa shape index (κ1) is 12.3. The smallest absolute Gasteiger partial charge is 0.0900 e. The van der Waals surface area contributed by atoms with Gasteiger partial charge in [-0.15, -0.1) is 0 Å². The van der Waals surface area contributed by atoms with E-state index < -0.39 is 0 Å². The lowest BCUT2D eigenvalue weighted by Crippen LogP contribution is -2.65. The van der Waals surface area contributed by atoms with Gasteiger partial charge in [0.25, 0.3) is 0 Å². The molecule has 16 heavy (non-hydrogen) atoms. The molecule has 2 atom stereocenters. The van der Waals surface area contributed by atoms with Crippen molar-refractivity contribution < 1.29 is 9.84 Å². The van der Waals surface area contributed by atoms with E-state index in [0.717, 1.165) is 32.4 Å². The van der Waals surface area contributed by atoms with E-state index in [1.165, 1.54) is 19.3 Å². The second kappa shape index (κ2) is 5.03. The topological polar surface area (TPSA) is 32.7 Å². The van der Waals surface area contributed by atoms with Gasteiger partial charge in [0.2, 0.25) is 0 Å². The molecule has 3 nitrogen and oxygen atoms in total. The molecule has 1 saturated heterocycles. The van der Waals surface area contributed by atoms with Gasteiger partial charge in [0.05, 0.1) is 11.7 Å². The number of β-amino-alcohol motifs (C(OH)–C–C–N with tert-alkyl or cyclic N) is 1. The Labute approximate surface area is 98.8 Å². The maximum absolute atomic E-state index is 10.2. The van der Waals surface area contributed by atoms with E-state index in [9.17, 15) is 5.11 Å². The van der Waals surface area contributed by atoms with Crippen molar-refractivity contribution in [3.63, 3.8) is 0 Å². The van der Waals surface area contributed by atoms with E-state index in [2.05, 4.69) is 11.8 Å². The van der Waals surface area contributed by atoms with Crippen LogP contribution in [0.15, 0.2) is 0 Å². The van der Waals surface area contributed by atoms with Crippen molar-refractivity contribution in [2.75, 3.05) is 20.2 Å². The number of hydrogen-bond acceptors (Lipinski definition) is 3. The van der Waals surface area contributed by atoms with Crippen LogP contribution >= 0.6 is 0 Å². The van der Waals surface area contributed by atoms with Gasteiger partial charge < -0.3 is 9.84 Å². The Morgan fingerprint density at radius 3 is 2.75 bits per heavy atom. The molecule has 2 unspecified atom stereocenters. The lowest BCUT2D eigenvalue weighted by molar-refractivity contribution is -0.131. The minimum Gasteiger partial charge on any atom is -0.387 e. The van der Waals surface area contributed by atoms with Crippen LogP contribution in [-0.2, 0) is 4.74 Å². The first-order valence-corrected chi connectivity index (χ1v) is 6.66. The Morgan fingerprint density at radius 1 is 1.38 bits per heavy atom. The molecule has 1 aliphatic heterocycles. The van der Waals surface area contributed by atoms with E-state index in [1.54, 1.807) is 0 Å². The normalized spacial score (nSPS) is 34.7. The molecule has 2 rings (SSSR count). The Hall–Kier alpha value is -0.120. The first-order chi connectivity index (χ1) is 7.67. The third-order valence-corrected chi connectivity index (χ3v) is 4.16. The van der Waals surface area contributed by atoms with E-state index in [0.29, 0.717) is 12.1 Å². The molecular weight excluding hydrogens is 202 g/mol. The molecule has 94 valence electrons. The highest BCUT2D eigenvalue weighted by molar-refractivity contribution is 4.99. The van der Waals surface area contributed by atoms with Crippen molar-refractivity contribution >= 4 is 0 Å². The third-order valence-electron chi connectivity index (χ3n) is 4.16. The minimum absolute atomic E-state index is 0.380. The predicted octanol–water partition coefficient (Wildman–Crippen LogP) is 1.79. The molecule has 0 aromatic carbocycles. The summed E-state index contributed by atoms with van der Waals surface area (Å²) < 4.78 is 5.45. The van der Waals surface area contributed by atoms with Gasteiger partial charge in [-0.1, -0.05) is 13.3 Å². The van der Waals surface area contributed by atoms with Crippen LogP contribution in [-0.4, -0.2) is 48.0 Å². The summed E-state index contributed by atoms with van der Waals surface area (Å²) in [6, 6.07) is 0.649. The zero-order valence-electron chi connectivity index (χ0n) is 10.6. The standard InChI is InChI=1S/C13H25NO2/c1-3-7-13(15)9-14(10-13)11-5-4-6-12(8-11)16-2/h11-12,15H,3-10H2,1-2H3. The summed E-state index contributed by atoms with van der Waals surface area (Å²) >= 11 is 0. The van der Waals surface area contributed by atoms with Crippen molar-refractivity contribution in [2.45, 2.75) is 63.2 Å². The number of likely N-dealkylation sites (tertiary alicyclic amines) is 1. The van der Waals surface area contributed by atoms with Crippen molar-refractivity contribution in [2.24, 2.45) is 0 Å². The molecule has 1 heterocycles. The van der Waals surface area contributed by atoms with Gasteiger partial charge in [0.15, 0.2) is 0 Å². The number of hydrogen-bond donors (Lipinski definition) is 1. The van der Waals surface area contributed by atoms with Gasteiger partial charge in [-0.25, -0.2) is 0 Å². The highest BCUT2D eigenvalue weighted by Crippen LogP contribution is 2.33. The summed E-state index contributed by atoms with van der Waals surface area (Å²) in [7, 11) is 1.82. The second-order valence-electron chi connectivity index (χ2n) is 5.56. The van der Waals surface area contributed by atoms with Gasteiger partial charge in [-0.3, -0.25) is 4.90 Å². The molecular formula is C13H25NO2. The molecule has 2 fully saturated rings. The molecule has 0 aromatic heterocycles. The molecule has 0 amide bonds. The van der Waals surface area contributed by atoms with E-state index >= 15 is 0 Å². The van der Waals surface area contributed by atoms with Crippen LogP contribution in [0.5, 0.6) is 0 Å². The number of methoxy groups -OCH3 is 1. The summed E-state index contributed by atoms with van der Waals surface area (Å²) in [5, 5.41) is 10.2. The van der Waals surface area contributed by atoms with Crippen molar-refractivity contribution in [3.05, 3.63) is 0 Å². The van der Waals surface area contributed by atoms with Crippen LogP contribution < -0.4 is 0 Å². The van der Waals surface area contributed by atoms with Gasteiger partial charge >= 0.3 is 0 Å². The summed E-state index contributed by atoms with van der Waals surface area (Å²) in [5.41, 5.74) is -0.380. The molecule has 0 spiro atoms. The lowest BCUT2D eigenvalue weighted by Gasteiger charge is -2.51. The van der Waals surface area contributed by atoms with Crippen molar-refractivity contribution in [1.82, 2.24) is 4.90 Å². The largest absolute Gasteiger partial charge is 0.387 e. The number of ether oxygens (including phenoxy) is 1. The van der Waals surface area contributed by atoms with Crippen LogP contribution in [0.4, 0.5) is 0 Å². The number of aliphatic hydroxyl groups is 1. The molecule has 1 aliphatic carbocycles. The van der Waals surface area contributed by atoms with Crippen LogP contribution in [0.3, 0.4) is 0 Å². The van der Waals surface area contributed by atoms with E-state index in [4.69, 9.17) is 4.74 Å². The second-order valence-corrected chi connectivity index (χ2v) is 5.56. The predicted molar refractivity (Wildman–Crippen MR) is 64.5 cm³/mol. The van der Waals surface area contributed by atoms with Crippen LogP contribution in [0.25, 0.3) is 0 Å². The zero-order chi connectivity index (χ0) is 11.6. The van der Waals surface area contributed by atoms with E-state index in [1.807, 2.05) is 7.11 Å². The fraction of sp³-hybridized carbons (Fsp3) is 1.00. The third kappa shape index (κ3) is 2.58. The van der Waals surface area contributed by atoms with Gasteiger partial charge in [-0.2, -0.15) is 0 Å². The van der Waals surface area contributed by atoms with Gasteiger partial charge in [0, 0.05) is 26.2 Å². The quantitative estimate of drug-likeness (QED) is 0.795. The van der Waals surface area contributed by atoms with E-state index in [-0.39, 0.29) is 5.60 Å². The number of rotatable bonds is 4.